The molecule has 0 saturated carbocycles. The van der Waals surface area contributed by atoms with Gasteiger partial charge in [0.2, 0.25) is 0 Å². The summed E-state index contributed by atoms with van der Waals surface area (Å²) in [6, 6.07) is 13.6. The first-order chi connectivity index (χ1) is 9.51. The van der Waals surface area contributed by atoms with Crippen LogP contribution in [0.5, 0.6) is 0 Å². The summed E-state index contributed by atoms with van der Waals surface area (Å²) in [5.41, 5.74) is 1.00. The van der Waals surface area contributed by atoms with Gasteiger partial charge in [-0.15, -0.1) is 0 Å². The Morgan fingerprint density at radius 1 is 1.10 bits per heavy atom. The number of ketones is 1. The molecule has 5 heteroatoms. The Morgan fingerprint density at radius 3 is 2.30 bits per heavy atom. The minimum Gasteiger partial charge on any atom is -0.292 e. The summed E-state index contributed by atoms with van der Waals surface area (Å²) in [7, 11) is 0. The van der Waals surface area contributed by atoms with Crippen molar-refractivity contribution < 1.29 is 4.79 Å². The number of nitriles is 1. The van der Waals surface area contributed by atoms with Crippen LogP contribution in [-0.2, 0) is 0 Å². The van der Waals surface area contributed by atoms with Gasteiger partial charge in [0.05, 0.1) is 6.07 Å². The van der Waals surface area contributed by atoms with Gasteiger partial charge in [-0.3, -0.25) is 4.79 Å². The zero-order chi connectivity index (χ0) is 14.7. The summed E-state index contributed by atoms with van der Waals surface area (Å²) < 4.78 is 0.696. The predicted octanol–water partition coefficient (Wildman–Crippen LogP) is 5.25. The van der Waals surface area contributed by atoms with E-state index in [2.05, 4.69) is 15.9 Å². The monoisotopic (exact) mass is 367 g/mol. The van der Waals surface area contributed by atoms with Crippen molar-refractivity contribution in [2.45, 2.75) is 5.92 Å². The van der Waals surface area contributed by atoms with Crippen LogP contribution >= 0.6 is 39.1 Å². The number of benzene rings is 2. The standard InChI is InChI=1S/C15H8BrCl2NO/c16-11-5-10(6-13(18)7-11)15(20)14(8-19)9-1-3-12(17)4-2-9/h1-7,14H. The molecule has 0 saturated heterocycles. The molecular formula is C15H8BrCl2NO. The minimum absolute atomic E-state index is 0.293. The number of carbonyl (C=O) groups is 1. The van der Waals surface area contributed by atoms with Crippen LogP contribution in [0, 0.1) is 11.3 Å². The number of rotatable bonds is 3. The molecule has 2 nitrogen and oxygen atoms in total. The van der Waals surface area contributed by atoms with Gasteiger partial charge in [-0.2, -0.15) is 5.26 Å². The number of carbonyl (C=O) groups excluding carboxylic acids is 1. The first-order valence-corrected chi connectivity index (χ1v) is 7.21. The van der Waals surface area contributed by atoms with E-state index in [1.807, 2.05) is 6.07 Å². The maximum Gasteiger partial charge on any atom is 0.184 e. The van der Waals surface area contributed by atoms with Gasteiger partial charge >= 0.3 is 0 Å². The van der Waals surface area contributed by atoms with E-state index in [4.69, 9.17) is 23.2 Å². The zero-order valence-corrected chi connectivity index (χ0v) is 13.2. The van der Waals surface area contributed by atoms with Crippen LogP contribution in [0.4, 0.5) is 0 Å². The lowest BCUT2D eigenvalue weighted by molar-refractivity contribution is 0.0979. The van der Waals surface area contributed by atoms with Gasteiger partial charge in [0.25, 0.3) is 0 Å². The molecular weight excluding hydrogens is 361 g/mol. The van der Waals surface area contributed by atoms with Crippen molar-refractivity contribution >= 4 is 44.9 Å². The van der Waals surface area contributed by atoms with Crippen LogP contribution in [0.3, 0.4) is 0 Å². The highest BCUT2D eigenvalue weighted by Gasteiger charge is 2.22. The molecule has 0 bridgehead atoms. The lowest BCUT2D eigenvalue weighted by Gasteiger charge is -2.09. The first kappa shape index (κ1) is 15.1. The van der Waals surface area contributed by atoms with E-state index in [9.17, 15) is 10.1 Å². The fourth-order valence-electron chi connectivity index (χ4n) is 1.80. The molecule has 2 aromatic carbocycles. The van der Waals surface area contributed by atoms with E-state index < -0.39 is 5.92 Å². The summed E-state index contributed by atoms with van der Waals surface area (Å²) in [6.45, 7) is 0. The highest BCUT2D eigenvalue weighted by molar-refractivity contribution is 9.10. The number of nitrogens with zero attached hydrogens (tertiary/aromatic N) is 1. The van der Waals surface area contributed by atoms with Crippen molar-refractivity contribution in [3.63, 3.8) is 0 Å². The van der Waals surface area contributed by atoms with Gasteiger partial charge in [0.15, 0.2) is 5.78 Å². The number of halogens is 3. The summed E-state index contributed by atoms with van der Waals surface area (Å²) >= 11 is 15.0. The average Bonchev–Trinajstić information content (AvgIpc) is 2.40. The Balaban J connectivity index is 2.39. The average molecular weight is 369 g/mol. The molecule has 0 aliphatic carbocycles. The lowest BCUT2D eigenvalue weighted by atomic mass is 9.92. The third-order valence-corrected chi connectivity index (χ3v) is 3.67. The number of Topliss-reactive ketones (excluding diaryl/α,β-unsaturated/α-hetero) is 1. The smallest absolute Gasteiger partial charge is 0.184 e. The van der Waals surface area contributed by atoms with Crippen LogP contribution in [0.15, 0.2) is 46.9 Å². The van der Waals surface area contributed by atoms with Gasteiger partial charge < -0.3 is 0 Å². The lowest BCUT2D eigenvalue weighted by Crippen LogP contribution is -2.11. The Morgan fingerprint density at radius 2 is 1.75 bits per heavy atom. The molecule has 0 spiro atoms. The minimum atomic E-state index is -0.877. The van der Waals surface area contributed by atoms with E-state index in [0.717, 1.165) is 0 Å². The van der Waals surface area contributed by atoms with Crippen molar-refractivity contribution in [1.82, 2.24) is 0 Å². The van der Waals surface area contributed by atoms with E-state index in [1.165, 1.54) is 0 Å². The largest absolute Gasteiger partial charge is 0.292 e. The summed E-state index contributed by atoms with van der Waals surface area (Å²) in [5.74, 6) is -1.17. The van der Waals surface area contributed by atoms with Gasteiger partial charge in [0.1, 0.15) is 5.92 Å². The second kappa shape index (κ2) is 6.41. The molecule has 0 aromatic heterocycles. The van der Waals surface area contributed by atoms with E-state index in [0.29, 0.717) is 25.6 Å². The molecule has 20 heavy (non-hydrogen) atoms. The van der Waals surface area contributed by atoms with Gasteiger partial charge in [0, 0.05) is 20.1 Å². The summed E-state index contributed by atoms with van der Waals surface area (Å²) in [4.78, 5) is 12.4. The van der Waals surface area contributed by atoms with Crippen LogP contribution < -0.4 is 0 Å². The molecule has 100 valence electrons. The molecule has 0 aliphatic heterocycles. The molecule has 0 amide bonds. The highest BCUT2D eigenvalue weighted by atomic mass is 79.9. The molecule has 1 unspecified atom stereocenters. The highest BCUT2D eigenvalue weighted by Crippen LogP contribution is 2.26. The molecule has 2 rings (SSSR count). The Labute approximate surface area is 135 Å². The van der Waals surface area contributed by atoms with Crippen molar-refractivity contribution in [2.75, 3.05) is 0 Å². The Hall–Kier alpha value is -1.34. The van der Waals surface area contributed by atoms with Crippen molar-refractivity contribution in [1.29, 1.82) is 5.26 Å². The molecule has 2 aromatic rings. The van der Waals surface area contributed by atoms with Crippen LogP contribution in [0.2, 0.25) is 10.0 Å². The SMILES string of the molecule is N#CC(C(=O)c1cc(Cl)cc(Br)c1)c1ccc(Cl)cc1. The predicted molar refractivity (Wildman–Crippen MR) is 83.3 cm³/mol. The van der Waals surface area contributed by atoms with Crippen LogP contribution in [-0.4, -0.2) is 5.78 Å². The summed E-state index contributed by atoms with van der Waals surface area (Å²) in [5, 5.41) is 10.3. The number of hydrogen-bond donors (Lipinski definition) is 0. The molecule has 1 atom stereocenters. The molecule has 0 radical (unpaired) electrons. The summed E-state index contributed by atoms with van der Waals surface area (Å²) in [6.07, 6.45) is 0. The van der Waals surface area contributed by atoms with Crippen LogP contribution in [0.1, 0.15) is 21.8 Å². The third-order valence-electron chi connectivity index (χ3n) is 2.74. The van der Waals surface area contributed by atoms with E-state index >= 15 is 0 Å². The van der Waals surface area contributed by atoms with Gasteiger partial charge in [-0.25, -0.2) is 0 Å². The molecule has 0 heterocycles. The van der Waals surface area contributed by atoms with Gasteiger partial charge in [-0.1, -0.05) is 51.3 Å². The Kier molecular flexibility index (Phi) is 4.82. The van der Waals surface area contributed by atoms with E-state index in [1.54, 1.807) is 42.5 Å². The fourth-order valence-corrected chi connectivity index (χ4v) is 2.79. The molecule has 0 N–H and O–H groups in total. The van der Waals surface area contributed by atoms with Crippen LogP contribution in [0.25, 0.3) is 0 Å². The maximum atomic E-state index is 12.4. The van der Waals surface area contributed by atoms with Gasteiger partial charge in [-0.05, 0) is 35.9 Å². The molecule has 0 fully saturated rings. The van der Waals surface area contributed by atoms with Crippen molar-refractivity contribution in [3.05, 3.63) is 68.1 Å². The quantitative estimate of drug-likeness (QED) is 0.694. The third kappa shape index (κ3) is 3.40. The molecule has 0 aliphatic rings. The Bertz CT molecular complexity index is 672. The first-order valence-electron chi connectivity index (χ1n) is 5.66. The van der Waals surface area contributed by atoms with Crippen molar-refractivity contribution in [3.8, 4) is 6.07 Å². The second-order valence-electron chi connectivity index (χ2n) is 4.14. The number of hydrogen-bond acceptors (Lipinski definition) is 2. The van der Waals surface area contributed by atoms with Crippen molar-refractivity contribution in [2.24, 2.45) is 0 Å². The topological polar surface area (TPSA) is 40.9 Å². The normalized spacial score (nSPS) is 11.7. The fraction of sp³-hybridized carbons (Fsp3) is 0.0667. The zero-order valence-electron chi connectivity index (χ0n) is 10.1. The van der Waals surface area contributed by atoms with E-state index in [-0.39, 0.29) is 5.78 Å². The maximum absolute atomic E-state index is 12.4. The second-order valence-corrected chi connectivity index (χ2v) is 5.92.